The Balaban J connectivity index is 1.56. The summed E-state index contributed by atoms with van der Waals surface area (Å²) in [4.78, 5) is 20.2. The Morgan fingerprint density at radius 2 is 2.42 bits per heavy atom. The Kier molecular flexibility index (Phi) is 3.27. The minimum atomic E-state index is 0.0386. The molecular formula is C14H16N4O. The number of imidazole rings is 1. The van der Waals surface area contributed by atoms with Gasteiger partial charge in [0.05, 0.1) is 12.7 Å². The van der Waals surface area contributed by atoms with E-state index >= 15 is 0 Å². The van der Waals surface area contributed by atoms with Crippen molar-refractivity contribution in [3.63, 3.8) is 0 Å². The van der Waals surface area contributed by atoms with Crippen LogP contribution >= 0.6 is 0 Å². The molecule has 1 aliphatic rings. The van der Waals surface area contributed by atoms with Crippen molar-refractivity contribution in [1.82, 2.24) is 19.9 Å². The first kappa shape index (κ1) is 11.9. The van der Waals surface area contributed by atoms with Gasteiger partial charge in [0.15, 0.2) is 0 Å². The first-order chi connectivity index (χ1) is 9.31. The van der Waals surface area contributed by atoms with Crippen molar-refractivity contribution in [2.45, 2.75) is 31.8 Å². The number of amides is 1. The molecule has 1 amide bonds. The van der Waals surface area contributed by atoms with Crippen molar-refractivity contribution in [1.29, 1.82) is 0 Å². The van der Waals surface area contributed by atoms with Crippen LogP contribution in [0.25, 0.3) is 0 Å². The Morgan fingerprint density at radius 3 is 3.26 bits per heavy atom. The molecule has 98 valence electrons. The third-order valence-electron chi connectivity index (χ3n) is 3.41. The maximum Gasteiger partial charge on any atom is 0.226 e. The summed E-state index contributed by atoms with van der Waals surface area (Å²) in [6.07, 6.45) is 7.59. The molecule has 3 rings (SSSR count). The molecule has 1 atom stereocenters. The molecule has 1 N–H and O–H groups in total. The number of carbonyl (C=O) groups is 1. The molecule has 19 heavy (non-hydrogen) atoms. The maximum atomic E-state index is 12.0. The van der Waals surface area contributed by atoms with E-state index in [4.69, 9.17) is 0 Å². The second-order valence-electron chi connectivity index (χ2n) is 4.83. The molecule has 0 fully saturated rings. The second-order valence-corrected chi connectivity index (χ2v) is 4.83. The molecule has 0 saturated carbocycles. The van der Waals surface area contributed by atoms with Gasteiger partial charge in [-0.2, -0.15) is 0 Å². The number of aryl methyl sites for hydroxylation is 1. The molecule has 1 aliphatic heterocycles. The summed E-state index contributed by atoms with van der Waals surface area (Å²) in [7, 11) is 0. The fourth-order valence-electron chi connectivity index (χ4n) is 2.44. The summed E-state index contributed by atoms with van der Waals surface area (Å²) in [6.45, 7) is 0.921. The van der Waals surface area contributed by atoms with Gasteiger partial charge in [-0.15, -0.1) is 0 Å². The van der Waals surface area contributed by atoms with Gasteiger partial charge in [-0.3, -0.25) is 9.78 Å². The molecule has 0 spiro atoms. The van der Waals surface area contributed by atoms with Gasteiger partial charge in [-0.25, -0.2) is 4.98 Å². The second kappa shape index (κ2) is 5.22. The SMILES string of the molecule is O=C(Cc1ccccn1)NC1CCn2cncc2C1. The number of fused-ring (bicyclic) bond motifs is 1. The summed E-state index contributed by atoms with van der Waals surface area (Å²) >= 11 is 0. The number of carbonyl (C=O) groups excluding carboxylic acids is 1. The Labute approximate surface area is 111 Å². The molecule has 0 bridgehead atoms. The Morgan fingerprint density at radius 1 is 1.47 bits per heavy atom. The fourth-order valence-corrected chi connectivity index (χ4v) is 2.44. The van der Waals surface area contributed by atoms with Crippen molar-refractivity contribution in [2.24, 2.45) is 0 Å². The highest BCUT2D eigenvalue weighted by Crippen LogP contribution is 2.14. The highest BCUT2D eigenvalue weighted by Gasteiger charge is 2.20. The number of nitrogens with one attached hydrogen (secondary N) is 1. The topological polar surface area (TPSA) is 59.8 Å². The van der Waals surface area contributed by atoms with Crippen molar-refractivity contribution >= 4 is 5.91 Å². The lowest BCUT2D eigenvalue weighted by atomic mass is 10.0. The fraction of sp³-hybridized carbons (Fsp3) is 0.357. The highest BCUT2D eigenvalue weighted by atomic mass is 16.1. The standard InChI is InChI=1S/C14H16N4O/c19-14(8-11-3-1-2-5-16-11)17-12-4-6-18-10-15-9-13(18)7-12/h1-3,5,9-10,12H,4,6-8H2,(H,17,19). The van der Waals surface area contributed by atoms with Crippen molar-refractivity contribution < 1.29 is 4.79 Å². The van der Waals surface area contributed by atoms with Crippen LogP contribution < -0.4 is 5.32 Å². The van der Waals surface area contributed by atoms with E-state index in [2.05, 4.69) is 19.9 Å². The van der Waals surface area contributed by atoms with Crippen LogP contribution in [0.1, 0.15) is 17.8 Å². The largest absolute Gasteiger partial charge is 0.353 e. The van der Waals surface area contributed by atoms with E-state index in [1.165, 1.54) is 5.69 Å². The van der Waals surface area contributed by atoms with E-state index in [-0.39, 0.29) is 11.9 Å². The molecule has 2 aromatic heterocycles. The van der Waals surface area contributed by atoms with E-state index in [9.17, 15) is 4.79 Å². The van der Waals surface area contributed by atoms with Crippen LogP contribution in [0, 0.1) is 0 Å². The van der Waals surface area contributed by atoms with Gasteiger partial charge in [0.2, 0.25) is 5.91 Å². The summed E-state index contributed by atoms with van der Waals surface area (Å²) in [6, 6.07) is 5.83. The molecule has 5 heteroatoms. The monoisotopic (exact) mass is 256 g/mol. The van der Waals surface area contributed by atoms with Crippen molar-refractivity contribution in [3.05, 3.63) is 48.3 Å². The zero-order chi connectivity index (χ0) is 13.1. The lowest BCUT2D eigenvalue weighted by molar-refractivity contribution is -0.121. The predicted octanol–water partition coefficient (Wildman–Crippen LogP) is 0.952. The molecule has 1 unspecified atom stereocenters. The Hall–Kier alpha value is -2.17. The van der Waals surface area contributed by atoms with Gasteiger partial charge in [0.25, 0.3) is 0 Å². The van der Waals surface area contributed by atoms with Crippen LogP contribution in [0.5, 0.6) is 0 Å². The maximum absolute atomic E-state index is 12.0. The van der Waals surface area contributed by atoms with E-state index in [1.807, 2.05) is 30.7 Å². The lowest BCUT2D eigenvalue weighted by Gasteiger charge is -2.24. The summed E-state index contributed by atoms with van der Waals surface area (Å²) in [5.74, 6) is 0.0386. The average Bonchev–Trinajstić information content (AvgIpc) is 2.87. The van der Waals surface area contributed by atoms with Gasteiger partial charge < -0.3 is 9.88 Å². The third kappa shape index (κ3) is 2.81. The number of hydrogen-bond acceptors (Lipinski definition) is 3. The summed E-state index contributed by atoms with van der Waals surface area (Å²) in [5.41, 5.74) is 2.00. The van der Waals surface area contributed by atoms with E-state index in [0.29, 0.717) is 6.42 Å². The number of hydrogen-bond donors (Lipinski definition) is 1. The van der Waals surface area contributed by atoms with Gasteiger partial charge in [0.1, 0.15) is 0 Å². The average molecular weight is 256 g/mol. The van der Waals surface area contributed by atoms with Gasteiger partial charge in [0, 0.05) is 42.8 Å². The third-order valence-corrected chi connectivity index (χ3v) is 3.41. The molecule has 3 heterocycles. The smallest absolute Gasteiger partial charge is 0.226 e. The van der Waals surface area contributed by atoms with Crippen LogP contribution in [0.2, 0.25) is 0 Å². The van der Waals surface area contributed by atoms with Crippen LogP contribution in [0.15, 0.2) is 36.9 Å². The zero-order valence-electron chi connectivity index (χ0n) is 10.6. The van der Waals surface area contributed by atoms with Crippen LogP contribution in [0.4, 0.5) is 0 Å². The zero-order valence-corrected chi connectivity index (χ0v) is 10.6. The van der Waals surface area contributed by atoms with Crippen molar-refractivity contribution in [2.75, 3.05) is 0 Å². The Bertz CT molecular complexity index is 564. The van der Waals surface area contributed by atoms with Gasteiger partial charge >= 0.3 is 0 Å². The lowest BCUT2D eigenvalue weighted by Crippen LogP contribution is -2.40. The number of nitrogens with zero attached hydrogens (tertiary/aromatic N) is 3. The summed E-state index contributed by atoms with van der Waals surface area (Å²) < 4.78 is 2.14. The molecule has 0 saturated heterocycles. The summed E-state index contributed by atoms with van der Waals surface area (Å²) in [5, 5.41) is 3.08. The van der Waals surface area contributed by atoms with E-state index in [1.54, 1.807) is 6.20 Å². The predicted molar refractivity (Wildman–Crippen MR) is 70.4 cm³/mol. The quantitative estimate of drug-likeness (QED) is 0.889. The minimum Gasteiger partial charge on any atom is -0.353 e. The highest BCUT2D eigenvalue weighted by molar-refractivity contribution is 5.78. The van der Waals surface area contributed by atoms with Crippen LogP contribution in [0.3, 0.4) is 0 Å². The number of aromatic nitrogens is 3. The van der Waals surface area contributed by atoms with Crippen LogP contribution in [-0.2, 0) is 24.2 Å². The van der Waals surface area contributed by atoms with E-state index < -0.39 is 0 Å². The molecule has 0 aliphatic carbocycles. The molecule has 0 radical (unpaired) electrons. The molecule has 5 nitrogen and oxygen atoms in total. The molecular weight excluding hydrogens is 240 g/mol. The molecule has 0 aromatic carbocycles. The number of pyridine rings is 1. The first-order valence-corrected chi connectivity index (χ1v) is 6.49. The number of rotatable bonds is 3. The van der Waals surface area contributed by atoms with Crippen molar-refractivity contribution in [3.8, 4) is 0 Å². The first-order valence-electron chi connectivity index (χ1n) is 6.49. The van der Waals surface area contributed by atoms with Gasteiger partial charge in [-0.05, 0) is 18.6 Å². The molecule has 2 aromatic rings. The van der Waals surface area contributed by atoms with Gasteiger partial charge in [-0.1, -0.05) is 6.07 Å². The normalized spacial score (nSPS) is 17.8. The van der Waals surface area contributed by atoms with Crippen LogP contribution in [-0.4, -0.2) is 26.5 Å². The van der Waals surface area contributed by atoms with E-state index in [0.717, 1.165) is 25.1 Å². The minimum absolute atomic E-state index is 0.0386.